The minimum absolute atomic E-state index is 0.0640. The Bertz CT molecular complexity index is 631. The van der Waals surface area contributed by atoms with E-state index in [9.17, 15) is 4.79 Å². The molecule has 2 aromatic rings. The molecule has 0 radical (unpaired) electrons. The van der Waals surface area contributed by atoms with Crippen LogP contribution in [0, 0.1) is 0 Å². The lowest BCUT2D eigenvalue weighted by atomic mass is 10.2. The zero-order valence-corrected chi connectivity index (χ0v) is 13.1. The van der Waals surface area contributed by atoms with Crippen LogP contribution in [-0.2, 0) is 4.79 Å². The van der Waals surface area contributed by atoms with Gasteiger partial charge in [-0.1, -0.05) is 29.8 Å². The van der Waals surface area contributed by atoms with E-state index in [1.807, 2.05) is 24.3 Å². The number of anilines is 1. The number of carbonyl (C=O) groups is 1. The van der Waals surface area contributed by atoms with Crippen LogP contribution in [0.25, 0.3) is 0 Å². The van der Waals surface area contributed by atoms with Crippen LogP contribution in [0.5, 0.6) is 11.5 Å². The quantitative estimate of drug-likeness (QED) is 0.780. The standard InChI is InChI=1S/C17H18ClNO3/c1-21-15-8-2-3-9-16(15)22-11-5-10-17(20)19-14-7-4-6-13(18)12-14/h2-4,6-9,12H,5,10-11H2,1H3,(H,19,20). The highest BCUT2D eigenvalue weighted by Gasteiger charge is 2.05. The summed E-state index contributed by atoms with van der Waals surface area (Å²) in [5.74, 6) is 1.30. The van der Waals surface area contributed by atoms with Crippen LogP contribution >= 0.6 is 11.6 Å². The van der Waals surface area contributed by atoms with E-state index >= 15 is 0 Å². The van der Waals surface area contributed by atoms with Crippen LogP contribution < -0.4 is 14.8 Å². The summed E-state index contributed by atoms with van der Waals surface area (Å²) in [6, 6.07) is 14.5. The van der Waals surface area contributed by atoms with Crippen LogP contribution in [0.4, 0.5) is 5.69 Å². The molecule has 0 saturated heterocycles. The molecule has 5 heteroatoms. The molecular formula is C17H18ClNO3. The number of ether oxygens (including phenoxy) is 2. The second kappa shape index (κ2) is 8.29. The van der Waals surface area contributed by atoms with E-state index in [0.29, 0.717) is 41.7 Å². The van der Waals surface area contributed by atoms with Gasteiger partial charge in [0.15, 0.2) is 11.5 Å². The van der Waals surface area contributed by atoms with Crippen molar-refractivity contribution in [2.45, 2.75) is 12.8 Å². The monoisotopic (exact) mass is 319 g/mol. The number of rotatable bonds is 7. The molecule has 0 fully saturated rings. The normalized spacial score (nSPS) is 10.1. The highest BCUT2D eigenvalue weighted by atomic mass is 35.5. The second-order valence-corrected chi connectivity index (χ2v) is 5.10. The fraction of sp³-hybridized carbons (Fsp3) is 0.235. The number of methoxy groups -OCH3 is 1. The topological polar surface area (TPSA) is 47.6 Å². The average Bonchev–Trinajstić information content (AvgIpc) is 2.52. The van der Waals surface area contributed by atoms with Gasteiger partial charge in [0.05, 0.1) is 13.7 Å². The third-order valence-corrected chi connectivity index (χ3v) is 3.22. The van der Waals surface area contributed by atoms with Crippen molar-refractivity contribution in [3.63, 3.8) is 0 Å². The van der Waals surface area contributed by atoms with Gasteiger partial charge in [0.1, 0.15) is 0 Å². The molecule has 4 nitrogen and oxygen atoms in total. The van der Waals surface area contributed by atoms with E-state index in [1.165, 1.54) is 0 Å². The van der Waals surface area contributed by atoms with Crippen molar-refractivity contribution in [3.8, 4) is 11.5 Å². The summed E-state index contributed by atoms with van der Waals surface area (Å²) >= 11 is 5.87. The first-order chi connectivity index (χ1) is 10.7. The molecule has 2 aromatic carbocycles. The summed E-state index contributed by atoms with van der Waals surface area (Å²) in [6.07, 6.45) is 0.992. The molecule has 0 aliphatic rings. The number of carbonyl (C=O) groups excluding carboxylic acids is 1. The van der Waals surface area contributed by atoms with Gasteiger partial charge in [-0.25, -0.2) is 0 Å². The molecule has 0 aliphatic carbocycles. The third kappa shape index (κ3) is 4.97. The van der Waals surface area contributed by atoms with Gasteiger partial charge in [0.2, 0.25) is 5.91 Å². The van der Waals surface area contributed by atoms with Gasteiger partial charge in [-0.15, -0.1) is 0 Å². The Kier molecular flexibility index (Phi) is 6.10. The molecule has 0 unspecified atom stereocenters. The molecule has 0 aromatic heterocycles. The van der Waals surface area contributed by atoms with Crippen molar-refractivity contribution < 1.29 is 14.3 Å². The highest BCUT2D eigenvalue weighted by molar-refractivity contribution is 6.30. The Morgan fingerprint density at radius 2 is 1.91 bits per heavy atom. The Morgan fingerprint density at radius 3 is 2.64 bits per heavy atom. The first-order valence-corrected chi connectivity index (χ1v) is 7.38. The van der Waals surface area contributed by atoms with E-state index < -0.39 is 0 Å². The van der Waals surface area contributed by atoms with Crippen LogP contribution in [0.2, 0.25) is 5.02 Å². The maximum absolute atomic E-state index is 11.8. The molecule has 1 amide bonds. The molecule has 0 spiro atoms. The van der Waals surface area contributed by atoms with Crippen molar-refractivity contribution in [1.82, 2.24) is 0 Å². The number of benzene rings is 2. The van der Waals surface area contributed by atoms with Crippen molar-refractivity contribution in [2.24, 2.45) is 0 Å². The van der Waals surface area contributed by atoms with E-state index in [4.69, 9.17) is 21.1 Å². The average molecular weight is 320 g/mol. The lowest BCUT2D eigenvalue weighted by molar-refractivity contribution is -0.116. The predicted molar refractivity (Wildman–Crippen MR) is 87.8 cm³/mol. The van der Waals surface area contributed by atoms with Crippen molar-refractivity contribution in [3.05, 3.63) is 53.6 Å². The number of para-hydroxylation sites is 2. The number of hydrogen-bond acceptors (Lipinski definition) is 3. The largest absolute Gasteiger partial charge is 0.493 e. The summed E-state index contributed by atoms with van der Waals surface area (Å²) in [7, 11) is 1.60. The van der Waals surface area contributed by atoms with Crippen molar-refractivity contribution in [1.29, 1.82) is 0 Å². The number of amides is 1. The highest BCUT2D eigenvalue weighted by Crippen LogP contribution is 2.25. The summed E-state index contributed by atoms with van der Waals surface area (Å²) in [5, 5.41) is 3.40. The lowest BCUT2D eigenvalue weighted by Gasteiger charge is -2.10. The Labute approximate surface area is 135 Å². The fourth-order valence-electron chi connectivity index (χ4n) is 1.94. The Balaban J connectivity index is 1.73. The van der Waals surface area contributed by atoms with E-state index in [1.54, 1.807) is 31.4 Å². The lowest BCUT2D eigenvalue weighted by Crippen LogP contribution is -2.12. The van der Waals surface area contributed by atoms with Crippen LogP contribution in [0.15, 0.2) is 48.5 Å². The molecule has 2 rings (SSSR count). The fourth-order valence-corrected chi connectivity index (χ4v) is 2.13. The molecule has 116 valence electrons. The minimum atomic E-state index is -0.0640. The van der Waals surface area contributed by atoms with Gasteiger partial charge in [0.25, 0.3) is 0 Å². The number of halogens is 1. The molecule has 0 aliphatic heterocycles. The summed E-state index contributed by atoms with van der Waals surface area (Å²) in [5.41, 5.74) is 0.697. The maximum atomic E-state index is 11.8. The summed E-state index contributed by atoms with van der Waals surface area (Å²) in [4.78, 5) is 11.8. The summed E-state index contributed by atoms with van der Waals surface area (Å²) in [6.45, 7) is 0.448. The van der Waals surface area contributed by atoms with E-state index in [-0.39, 0.29) is 5.91 Å². The smallest absolute Gasteiger partial charge is 0.224 e. The first-order valence-electron chi connectivity index (χ1n) is 7.00. The molecule has 1 N–H and O–H groups in total. The van der Waals surface area contributed by atoms with Gasteiger partial charge in [-0.3, -0.25) is 4.79 Å². The molecule has 0 bridgehead atoms. The van der Waals surface area contributed by atoms with Gasteiger partial charge in [-0.2, -0.15) is 0 Å². The molecule has 0 saturated carbocycles. The van der Waals surface area contributed by atoms with Gasteiger partial charge in [0, 0.05) is 17.1 Å². The summed E-state index contributed by atoms with van der Waals surface area (Å²) < 4.78 is 10.8. The maximum Gasteiger partial charge on any atom is 0.224 e. The molecular weight excluding hydrogens is 302 g/mol. The number of hydrogen-bond donors (Lipinski definition) is 1. The number of nitrogens with one attached hydrogen (secondary N) is 1. The second-order valence-electron chi connectivity index (χ2n) is 4.66. The Morgan fingerprint density at radius 1 is 1.14 bits per heavy atom. The first kappa shape index (κ1) is 16.2. The van der Waals surface area contributed by atoms with E-state index in [2.05, 4.69) is 5.32 Å². The van der Waals surface area contributed by atoms with Crippen LogP contribution in [0.3, 0.4) is 0 Å². The molecule has 0 heterocycles. The van der Waals surface area contributed by atoms with Gasteiger partial charge in [-0.05, 0) is 36.8 Å². The minimum Gasteiger partial charge on any atom is -0.493 e. The van der Waals surface area contributed by atoms with E-state index in [0.717, 1.165) is 0 Å². The van der Waals surface area contributed by atoms with Gasteiger partial charge >= 0.3 is 0 Å². The predicted octanol–water partition coefficient (Wildman–Crippen LogP) is 4.15. The van der Waals surface area contributed by atoms with Gasteiger partial charge < -0.3 is 14.8 Å². The third-order valence-electron chi connectivity index (χ3n) is 2.98. The SMILES string of the molecule is COc1ccccc1OCCCC(=O)Nc1cccc(Cl)c1. The zero-order chi connectivity index (χ0) is 15.8. The molecule has 22 heavy (non-hydrogen) atoms. The van der Waals surface area contributed by atoms with Crippen molar-refractivity contribution in [2.75, 3.05) is 19.0 Å². The van der Waals surface area contributed by atoms with Crippen LogP contribution in [-0.4, -0.2) is 19.6 Å². The van der Waals surface area contributed by atoms with Crippen molar-refractivity contribution >= 4 is 23.2 Å². The zero-order valence-electron chi connectivity index (χ0n) is 12.3. The molecule has 0 atom stereocenters. The van der Waals surface area contributed by atoms with Crippen LogP contribution in [0.1, 0.15) is 12.8 Å². The Hall–Kier alpha value is -2.20.